The number of hydrogen-bond acceptors (Lipinski definition) is 7. The van der Waals surface area contributed by atoms with E-state index in [4.69, 9.17) is 25.7 Å². The number of unbranched alkanes of at least 4 members (excludes halogenated alkanes) is 7. The second-order valence-electron chi connectivity index (χ2n) is 10.4. The summed E-state index contributed by atoms with van der Waals surface area (Å²) < 4.78 is 16.6. The molecule has 0 atom stereocenters. The summed E-state index contributed by atoms with van der Waals surface area (Å²) in [6.07, 6.45) is 13.9. The Morgan fingerprint density at radius 2 is 1.33 bits per heavy atom. The molecule has 3 rings (SSSR count). The molecule has 0 heterocycles. The molecule has 0 aromatic heterocycles. The van der Waals surface area contributed by atoms with Gasteiger partial charge in [0.25, 0.3) is 0 Å². The molecule has 0 spiro atoms. The summed E-state index contributed by atoms with van der Waals surface area (Å²) in [5.74, 6) is 0.529. The van der Waals surface area contributed by atoms with E-state index in [9.17, 15) is 9.59 Å². The van der Waals surface area contributed by atoms with Crippen molar-refractivity contribution in [2.45, 2.75) is 71.1 Å². The largest absolute Gasteiger partial charge is 0.494 e. The van der Waals surface area contributed by atoms with Crippen LogP contribution in [0.25, 0.3) is 6.08 Å². The number of rotatable bonds is 18. The highest BCUT2D eigenvalue weighted by molar-refractivity contribution is 5.91. The Balaban J connectivity index is 1.24. The molecule has 0 amide bonds. The number of carbonyl (C=O) groups excluding carboxylic acids is 2. The monoisotopic (exact) mass is 572 g/mol. The maximum atomic E-state index is 12.2. The molecular formula is C35H44N2O5. The molecule has 7 nitrogen and oxygen atoms in total. The predicted molar refractivity (Wildman–Crippen MR) is 170 cm³/mol. The van der Waals surface area contributed by atoms with Gasteiger partial charge in [-0.1, -0.05) is 69.7 Å². The normalized spacial score (nSPS) is 11.0. The highest BCUT2D eigenvalue weighted by Crippen LogP contribution is 2.18. The number of nitrogens with two attached hydrogens (primary N) is 2. The van der Waals surface area contributed by atoms with Gasteiger partial charge in [-0.15, -0.1) is 0 Å². The van der Waals surface area contributed by atoms with E-state index >= 15 is 0 Å². The van der Waals surface area contributed by atoms with Crippen LogP contribution in [0, 0.1) is 0 Å². The lowest BCUT2D eigenvalue weighted by molar-refractivity contribution is -0.128. The second kappa shape index (κ2) is 18.2. The van der Waals surface area contributed by atoms with Crippen molar-refractivity contribution in [3.63, 3.8) is 0 Å². The molecule has 0 aliphatic rings. The van der Waals surface area contributed by atoms with Crippen LogP contribution < -0.4 is 20.9 Å². The Hall–Kier alpha value is -4.26. The topological polar surface area (TPSA) is 114 Å². The van der Waals surface area contributed by atoms with E-state index in [-0.39, 0.29) is 0 Å². The lowest BCUT2D eigenvalue weighted by atomic mass is 10.1. The summed E-state index contributed by atoms with van der Waals surface area (Å²) in [5.41, 5.74) is 14.9. The van der Waals surface area contributed by atoms with Gasteiger partial charge >= 0.3 is 11.9 Å². The smallest absolute Gasteiger partial charge is 0.338 e. The molecule has 0 aliphatic heterocycles. The maximum absolute atomic E-state index is 12.2. The van der Waals surface area contributed by atoms with E-state index in [0.717, 1.165) is 49.8 Å². The lowest BCUT2D eigenvalue weighted by Gasteiger charge is -2.08. The summed E-state index contributed by atoms with van der Waals surface area (Å²) >= 11 is 0. The standard InChI is InChI=1S/C35H44N2O5/c1-2-3-4-8-11-27-14-19-33(20-15-27)42-34(38)21-16-28-12-17-32(18-13-28)40-22-9-6-5-7-10-23-41-35(39)29-24-30(36)26-31(37)25-29/h12-21,24-26H,2-11,22-23,36-37H2,1H3. The summed E-state index contributed by atoms with van der Waals surface area (Å²) in [6.45, 7) is 3.21. The minimum atomic E-state index is -0.407. The molecule has 0 radical (unpaired) electrons. The van der Waals surface area contributed by atoms with Crippen LogP contribution >= 0.6 is 0 Å². The maximum Gasteiger partial charge on any atom is 0.338 e. The molecule has 3 aromatic carbocycles. The third-order valence-corrected chi connectivity index (χ3v) is 6.76. The van der Waals surface area contributed by atoms with Crippen molar-refractivity contribution >= 4 is 29.4 Å². The van der Waals surface area contributed by atoms with Gasteiger partial charge in [0.05, 0.1) is 18.8 Å². The van der Waals surface area contributed by atoms with Crippen molar-refractivity contribution in [3.05, 3.63) is 89.5 Å². The van der Waals surface area contributed by atoms with Gasteiger partial charge in [0.15, 0.2) is 0 Å². The Morgan fingerprint density at radius 1 is 0.714 bits per heavy atom. The van der Waals surface area contributed by atoms with Gasteiger partial charge in [-0.25, -0.2) is 9.59 Å². The number of benzene rings is 3. The number of carbonyl (C=O) groups is 2. The molecule has 4 N–H and O–H groups in total. The van der Waals surface area contributed by atoms with Gasteiger partial charge in [0.2, 0.25) is 0 Å². The third-order valence-electron chi connectivity index (χ3n) is 6.76. The zero-order valence-electron chi connectivity index (χ0n) is 24.7. The molecule has 0 unspecified atom stereocenters. The van der Waals surface area contributed by atoms with Crippen molar-refractivity contribution in [1.82, 2.24) is 0 Å². The van der Waals surface area contributed by atoms with Crippen LogP contribution in [0.3, 0.4) is 0 Å². The average Bonchev–Trinajstić information content (AvgIpc) is 2.98. The van der Waals surface area contributed by atoms with Crippen molar-refractivity contribution < 1.29 is 23.8 Å². The van der Waals surface area contributed by atoms with Gasteiger partial charge in [0, 0.05) is 17.5 Å². The molecule has 0 saturated carbocycles. The minimum Gasteiger partial charge on any atom is -0.494 e. The molecule has 0 saturated heterocycles. The average molecular weight is 573 g/mol. The fourth-order valence-corrected chi connectivity index (χ4v) is 4.44. The number of anilines is 2. The minimum absolute atomic E-state index is 0.370. The van der Waals surface area contributed by atoms with Gasteiger partial charge < -0.3 is 25.7 Å². The predicted octanol–water partition coefficient (Wildman–Crippen LogP) is 7.78. The summed E-state index contributed by atoms with van der Waals surface area (Å²) in [4.78, 5) is 24.3. The number of nitrogen functional groups attached to an aromatic ring is 2. The van der Waals surface area contributed by atoms with Crippen LogP contribution in [0.4, 0.5) is 11.4 Å². The highest BCUT2D eigenvalue weighted by atomic mass is 16.5. The first-order chi connectivity index (χ1) is 20.4. The third kappa shape index (κ3) is 12.5. The first kappa shape index (κ1) is 32.3. The van der Waals surface area contributed by atoms with Crippen LogP contribution in [0.2, 0.25) is 0 Å². The van der Waals surface area contributed by atoms with Crippen molar-refractivity contribution in [2.75, 3.05) is 24.7 Å². The van der Waals surface area contributed by atoms with Crippen molar-refractivity contribution in [2.24, 2.45) is 0 Å². The Morgan fingerprint density at radius 3 is 2.02 bits per heavy atom. The van der Waals surface area contributed by atoms with Crippen molar-refractivity contribution in [3.8, 4) is 11.5 Å². The van der Waals surface area contributed by atoms with Crippen molar-refractivity contribution in [1.29, 1.82) is 0 Å². The highest BCUT2D eigenvalue weighted by Gasteiger charge is 2.08. The van der Waals surface area contributed by atoms with E-state index in [2.05, 4.69) is 6.92 Å². The molecular weight excluding hydrogens is 528 g/mol. The van der Waals surface area contributed by atoms with Gasteiger partial charge in [-0.3, -0.25) is 0 Å². The number of aryl methyl sites for hydroxylation is 1. The molecule has 0 aliphatic carbocycles. The summed E-state index contributed by atoms with van der Waals surface area (Å²) in [6, 6.07) is 20.1. The van der Waals surface area contributed by atoms with Crippen LogP contribution in [-0.4, -0.2) is 25.2 Å². The number of hydrogen-bond donors (Lipinski definition) is 2. The number of esters is 2. The van der Waals surface area contributed by atoms with E-state index in [1.807, 2.05) is 48.5 Å². The Labute approximate surface area is 249 Å². The molecule has 0 fully saturated rings. The Kier molecular flexibility index (Phi) is 14.0. The van der Waals surface area contributed by atoms with E-state index < -0.39 is 11.9 Å². The SMILES string of the molecule is CCCCCCc1ccc(OC(=O)C=Cc2ccc(OCCCCCCCOC(=O)c3cc(N)cc(N)c3)cc2)cc1. The van der Waals surface area contributed by atoms with Crippen LogP contribution in [0.15, 0.2) is 72.8 Å². The molecule has 3 aromatic rings. The lowest BCUT2D eigenvalue weighted by Crippen LogP contribution is -2.08. The van der Waals surface area contributed by atoms with Gasteiger partial charge in [-0.05, 0) is 85.4 Å². The molecule has 224 valence electrons. The fourth-order valence-electron chi connectivity index (χ4n) is 4.44. The van der Waals surface area contributed by atoms with Crippen LogP contribution in [0.1, 0.15) is 86.2 Å². The summed E-state index contributed by atoms with van der Waals surface area (Å²) in [5, 5.41) is 0. The van der Waals surface area contributed by atoms with Gasteiger partial charge in [-0.2, -0.15) is 0 Å². The molecule has 0 bridgehead atoms. The quantitative estimate of drug-likeness (QED) is 0.0526. The molecule has 42 heavy (non-hydrogen) atoms. The van der Waals surface area contributed by atoms with E-state index in [1.165, 1.54) is 37.3 Å². The Bertz CT molecular complexity index is 1250. The first-order valence-electron chi connectivity index (χ1n) is 15.0. The fraction of sp³-hybridized carbons (Fsp3) is 0.371. The van der Waals surface area contributed by atoms with Crippen LogP contribution in [0.5, 0.6) is 11.5 Å². The zero-order valence-corrected chi connectivity index (χ0v) is 24.7. The van der Waals surface area contributed by atoms with Gasteiger partial charge in [0.1, 0.15) is 11.5 Å². The zero-order chi connectivity index (χ0) is 30.0. The van der Waals surface area contributed by atoms with E-state index in [0.29, 0.717) is 35.9 Å². The first-order valence-corrected chi connectivity index (χ1v) is 15.0. The van der Waals surface area contributed by atoms with Crippen LogP contribution in [-0.2, 0) is 16.0 Å². The van der Waals surface area contributed by atoms with E-state index in [1.54, 1.807) is 24.3 Å². The summed E-state index contributed by atoms with van der Waals surface area (Å²) in [7, 11) is 0. The molecule has 7 heteroatoms. The number of ether oxygens (including phenoxy) is 3. The second-order valence-corrected chi connectivity index (χ2v) is 10.4.